The number of aliphatic imine (C=N–C) groups is 1. The van der Waals surface area contributed by atoms with Gasteiger partial charge in [0.1, 0.15) is 5.41 Å². The summed E-state index contributed by atoms with van der Waals surface area (Å²) in [6, 6.07) is 8.95. The maximum absolute atomic E-state index is 14.1. The van der Waals surface area contributed by atoms with Gasteiger partial charge in [-0.05, 0) is 54.4 Å². The molecule has 0 radical (unpaired) electrons. The van der Waals surface area contributed by atoms with Gasteiger partial charge in [0.2, 0.25) is 0 Å². The number of halogens is 6. The van der Waals surface area contributed by atoms with Crippen LogP contribution in [0.5, 0.6) is 0 Å². The summed E-state index contributed by atoms with van der Waals surface area (Å²) < 4.78 is 43.1. The van der Waals surface area contributed by atoms with Crippen LogP contribution in [0.25, 0.3) is 0 Å². The number of rotatable bonds is 4. The second-order valence-electron chi connectivity index (χ2n) is 6.51. The fourth-order valence-electron chi connectivity index (χ4n) is 3.29. The Labute approximate surface area is 173 Å². The molecule has 0 aliphatic carbocycles. The molecule has 0 saturated heterocycles. The Balaban J connectivity index is 1.99. The highest BCUT2D eigenvalue weighted by Gasteiger charge is 2.58. The monoisotopic (exact) mass is 478 g/mol. The predicted molar refractivity (Wildman–Crippen MR) is 107 cm³/mol. The minimum Gasteiger partial charge on any atom is -0.316 e. The van der Waals surface area contributed by atoms with Crippen LogP contribution in [0.1, 0.15) is 29.2 Å². The van der Waals surface area contributed by atoms with Crippen molar-refractivity contribution in [3.8, 4) is 0 Å². The lowest BCUT2D eigenvalue weighted by Crippen LogP contribution is -2.42. The van der Waals surface area contributed by atoms with Crippen LogP contribution in [0.3, 0.4) is 0 Å². The van der Waals surface area contributed by atoms with E-state index in [0.29, 0.717) is 6.54 Å². The Morgan fingerprint density at radius 3 is 2.41 bits per heavy atom. The van der Waals surface area contributed by atoms with Gasteiger partial charge >= 0.3 is 6.18 Å². The van der Waals surface area contributed by atoms with Gasteiger partial charge in [-0.2, -0.15) is 13.2 Å². The summed E-state index contributed by atoms with van der Waals surface area (Å²) in [5.41, 5.74) is -0.476. The fourth-order valence-corrected chi connectivity index (χ4v) is 4.36. The minimum atomic E-state index is -4.53. The quantitative estimate of drug-likeness (QED) is 0.532. The van der Waals surface area contributed by atoms with Gasteiger partial charge in [0, 0.05) is 27.3 Å². The molecule has 2 aromatic carbocycles. The van der Waals surface area contributed by atoms with E-state index in [9.17, 15) is 13.2 Å². The topological polar surface area (TPSA) is 24.4 Å². The second-order valence-corrected chi connectivity index (χ2v) is 8.23. The number of hydrogen-bond acceptors (Lipinski definition) is 2. The summed E-state index contributed by atoms with van der Waals surface area (Å²) in [7, 11) is 1.83. The normalized spacial score (nSPS) is 22.4. The third kappa shape index (κ3) is 4.04. The van der Waals surface area contributed by atoms with Gasteiger partial charge in [-0.25, -0.2) is 0 Å². The number of benzene rings is 2. The van der Waals surface area contributed by atoms with Crippen LogP contribution in [0.2, 0.25) is 10.0 Å². The Morgan fingerprint density at radius 2 is 1.85 bits per heavy atom. The Morgan fingerprint density at radius 1 is 1.19 bits per heavy atom. The van der Waals surface area contributed by atoms with Gasteiger partial charge in [0.25, 0.3) is 0 Å². The fraction of sp³-hybridized carbons (Fsp3) is 0.316. The Hall–Kier alpha value is -1.08. The largest absolute Gasteiger partial charge is 0.403 e. The number of nitrogens with one attached hydrogen (secondary N) is 1. The molecular formula is C19H16BrCl2F3N2. The highest BCUT2D eigenvalue weighted by atomic mass is 79.9. The molecule has 1 N–H and O–H groups in total. The van der Waals surface area contributed by atoms with Gasteiger partial charge in [-0.3, -0.25) is 4.99 Å². The van der Waals surface area contributed by atoms with E-state index in [1.807, 2.05) is 25.2 Å². The Kier molecular flexibility index (Phi) is 5.92. The van der Waals surface area contributed by atoms with Crippen LogP contribution in [0, 0.1) is 0 Å². The molecule has 1 aliphatic rings. The number of hydrogen-bond donors (Lipinski definition) is 1. The van der Waals surface area contributed by atoms with Crippen molar-refractivity contribution in [1.29, 1.82) is 0 Å². The van der Waals surface area contributed by atoms with E-state index in [2.05, 4.69) is 26.2 Å². The minimum absolute atomic E-state index is 0.00428. The zero-order valence-corrected chi connectivity index (χ0v) is 17.3. The summed E-state index contributed by atoms with van der Waals surface area (Å²) in [5, 5.41) is 3.37. The summed E-state index contributed by atoms with van der Waals surface area (Å²) in [5.74, 6) is 0. The third-order valence-electron chi connectivity index (χ3n) is 4.70. The highest BCUT2D eigenvalue weighted by Crippen LogP contribution is 2.51. The molecule has 0 aromatic heterocycles. The van der Waals surface area contributed by atoms with E-state index in [1.54, 1.807) is 0 Å². The van der Waals surface area contributed by atoms with Crippen LogP contribution in [-0.4, -0.2) is 19.4 Å². The molecule has 2 atom stereocenters. The molecule has 144 valence electrons. The molecule has 2 nitrogen and oxygen atoms in total. The van der Waals surface area contributed by atoms with Crippen molar-refractivity contribution < 1.29 is 13.2 Å². The van der Waals surface area contributed by atoms with Crippen molar-refractivity contribution in [3.05, 3.63) is 67.6 Å². The molecule has 27 heavy (non-hydrogen) atoms. The zero-order valence-electron chi connectivity index (χ0n) is 14.2. The van der Waals surface area contributed by atoms with Crippen LogP contribution in [0.4, 0.5) is 13.2 Å². The molecule has 0 bridgehead atoms. The molecule has 0 saturated carbocycles. The van der Waals surface area contributed by atoms with Crippen molar-refractivity contribution in [3.63, 3.8) is 0 Å². The average molecular weight is 480 g/mol. The van der Waals surface area contributed by atoms with E-state index >= 15 is 0 Å². The molecule has 0 fully saturated rings. The molecule has 1 heterocycles. The van der Waals surface area contributed by atoms with Gasteiger partial charge in [-0.1, -0.05) is 51.3 Å². The maximum atomic E-state index is 14.1. The first-order valence-corrected chi connectivity index (χ1v) is 9.72. The van der Waals surface area contributed by atoms with Gasteiger partial charge in [0.05, 0.1) is 6.04 Å². The molecular weight excluding hydrogens is 464 g/mol. The number of nitrogens with zero attached hydrogens (tertiary/aromatic N) is 1. The highest BCUT2D eigenvalue weighted by molar-refractivity contribution is 9.10. The van der Waals surface area contributed by atoms with Crippen LogP contribution >= 0.6 is 39.1 Å². The van der Waals surface area contributed by atoms with Crippen molar-refractivity contribution in [2.24, 2.45) is 4.99 Å². The lowest BCUT2D eigenvalue weighted by atomic mass is 9.77. The molecule has 2 unspecified atom stereocenters. The zero-order chi connectivity index (χ0) is 19.8. The molecule has 0 spiro atoms. The molecule has 0 amide bonds. The maximum Gasteiger partial charge on any atom is 0.403 e. The van der Waals surface area contributed by atoms with Gasteiger partial charge < -0.3 is 5.32 Å². The van der Waals surface area contributed by atoms with Crippen LogP contribution in [-0.2, 0) is 12.0 Å². The molecule has 2 aromatic rings. The summed E-state index contributed by atoms with van der Waals surface area (Å²) in [4.78, 5) is 4.21. The third-order valence-corrected chi connectivity index (χ3v) is 5.88. The van der Waals surface area contributed by atoms with Crippen molar-refractivity contribution in [1.82, 2.24) is 5.32 Å². The van der Waals surface area contributed by atoms with E-state index in [-0.39, 0.29) is 22.0 Å². The van der Waals surface area contributed by atoms with Crippen LogP contribution in [0.15, 0.2) is 45.9 Å². The van der Waals surface area contributed by atoms with Gasteiger partial charge in [-0.15, -0.1) is 0 Å². The SMILES string of the molecule is CNCc1ccc(C2CC(c3cc(Cl)cc(Cl)c3)(C(F)(F)F)C=N2)cc1Br. The lowest BCUT2D eigenvalue weighted by molar-refractivity contribution is -0.168. The first-order chi connectivity index (χ1) is 12.7. The molecule has 3 rings (SSSR count). The summed E-state index contributed by atoms with van der Waals surface area (Å²) >= 11 is 15.4. The van der Waals surface area contributed by atoms with E-state index in [4.69, 9.17) is 23.2 Å². The van der Waals surface area contributed by atoms with Crippen molar-refractivity contribution >= 4 is 45.3 Å². The average Bonchev–Trinajstić information content (AvgIpc) is 3.02. The van der Waals surface area contributed by atoms with Crippen molar-refractivity contribution in [2.75, 3.05) is 7.05 Å². The van der Waals surface area contributed by atoms with E-state index < -0.39 is 17.6 Å². The van der Waals surface area contributed by atoms with E-state index in [1.165, 1.54) is 18.2 Å². The Bertz CT molecular complexity index is 865. The lowest BCUT2D eigenvalue weighted by Gasteiger charge is -2.30. The first kappa shape index (κ1) is 20.6. The molecule has 8 heteroatoms. The molecule has 1 aliphatic heterocycles. The van der Waals surface area contributed by atoms with Crippen molar-refractivity contribution in [2.45, 2.75) is 30.6 Å². The van der Waals surface area contributed by atoms with Gasteiger partial charge in [0.15, 0.2) is 0 Å². The van der Waals surface area contributed by atoms with Crippen LogP contribution < -0.4 is 5.32 Å². The summed E-state index contributed by atoms with van der Waals surface area (Å²) in [6.45, 7) is 0.655. The smallest absolute Gasteiger partial charge is 0.316 e. The standard InChI is InChI=1S/C19H16BrCl2F3N2/c1-26-9-12-3-2-11(4-16(12)20)17-8-18(10-27-17,19(23,24)25)13-5-14(21)7-15(22)6-13/h2-7,10,17,26H,8-9H2,1H3. The summed E-state index contributed by atoms with van der Waals surface area (Å²) in [6.07, 6.45) is -3.76. The predicted octanol–water partition coefficient (Wildman–Crippen LogP) is 6.49. The number of alkyl halides is 3. The first-order valence-electron chi connectivity index (χ1n) is 8.17. The van der Waals surface area contributed by atoms with E-state index in [0.717, 1.165) is 21.8 Å². The second kappa shape index (κ2) is 7.74.